The molecule has 0 aliphatic carbocycles. The molecule has 0 bridgehead atoms. The molecule has 5 heteroatoms. The molecule has 2 aromatic rings. The summed E-state index contributed by atoms with van der Waals surface area (Å²) in [5.74, 6) is 0. The van der Waals surface area contributed by atoms with Crippen molar-refractivity contribution in [3.05, 3.63) is 54.1 Å². The highest BCUT2D eigenvalue weighted by Crippen LogP contribution is 2.28. The van der Waals surface area contributed by atoms with Crippen molar-refractivity contribution in [1.29, 1.82) is 0 Å². The van der Waals surface area contributed by atoms with Gasteiger partial charge >= 0.3 is 0 Å². The van der Waals surface area contributed by atoms with Gasteiger partial charge in [-0.3, -0.25) is 14.9 Å². The minimum absolute atomic E-state index is 0.310. The Morgan fingerprint density at radius 2 is 2.04 bits per heavy atom. The number of nitrogens with zero attached hydrogens (tertiary/aromatic N) is 4. The van der Waals surface area contributed by atoms with Crippen molar-refractivity contribution < 1.29 is 4.74 Å². The van der Waals surface area contributed by atoms with E-state index in [0.29, 0.717) is 12.1 Å². The van der Waals surface area contributed by atoms with E-state index in [1.807, 2.05) is 18.5 Å². The third-order valence-corrected chi connectivity index (χ3v) is 5.27. The van der Waals surface area contributed by atoms with Crippen LogP contribution in [0.15, 0.2) is 42.7 Å². The normalized spacial score (nSPS) is 24.6. The second-order valence-electron chi connectivity index (χ2n) is 7.01. The Morgan fingerprint density at radius 1 is 1.12 bits per heavy atom. The van der Waals surface area contributed by atoms with E-state index in [0.717, 1.165) is 57.0 Å². The van der Waals surface area contributed by atoms with Gasteiger partial charge < -0.3 is 9.64 Å². The summed E-state index contributed by atoms with van der Waals surface area (Å²) in [5, 5.41) is 0. The smallest absolute Gasteiger partial charge is 0.0791 e. The van der Waals surface area contributed by atoms with E-state index in [2.05, 4.69) is 51.0 Å². The van der Waals surface area contributed by atoms with Crippen molar-refractivity contribution in [2.75, 3.05) is 31.1 Å². The molecule has 2 atom stereocenters. The quantitative estimate of drug-likeness (QED) is 0.861. The highest BCUT2D eigenvalue weighted by Gasteiger charge is 2.34. The van der Waals surface area contributed by atoms with E-state index >= 15 is 0 Å². The van der Waals surface area contributed by atoms with Crippen molar-refractivity contribution in [3.8, 4) is 0 Å². The van der Waals surface area contributed by atoms with Crippen LogP contribution in [0.1, 0.15) is 24.2 Å². The van der Waals surface area contributed by atoms with E-state index < -0.39 is 0 Å². The monoisotopic (exact) mass is 338 g/mol. The Morgan fingerprint density at radius 3 is 2.88 bits per heavy atom. The largest absolute Gasteiger partial charge is 0.374 e. The van der Waals surface area contributed by atoms with Gasteiger partial charge in [0, 0.05) is 38.1 Å². The molecule has 2 aromatic heterocycles. The van der Waals surface area contributed by atoms with Gasteiger partial charge in [-0.25, -0.2) is 0 Å². The van der Waals surface area contributed by atoms with Gasteiger partial charge in [-0.15, -0.1) is 0 Å². The first-order chi connectivity index (χ1) is 12.3. The molecule has 2 fully saturated rings. The molecule has 5 nitrogen and oxygen atoms in total. The van der Waals surface area contributed by atoms with Gasteiger partial charge in [0.15, 0.2) is 0 Å². The van der Waals surface area contributed by atoms with E-state index in [9.17, 15) is 0 Å². The number of hydrogen-bond donors (Lipinski definition) is 0. The molecule has 25 heavy (non-hydrogen) atoms. The first-order valence-corrected chi connectivity index (χ1v) is 9.23. The number of anilines is 1. The Hall–Kier alpha value is -1.98. The number of ether oxygens (including phenoxy) is 1. The molecule has 0 saturated carbocycles. The Kier molecular flexibility index (Phi) is 4.95. The third kappa shape index (κ3) is 3.83. The fraction of sp³-hybridized carbons (Fsp3) is 0.500. The van der Waals surface area contributed by atoms with Crippen molar-refractivity contribution >= 4 is 5.69 Å². The minimum Gasteiger partial charge on any atom is -0.374 e. The van der Waals surface area contributed by atoms with E-state index in [4.69, 9.17) is 4.74 Å². The first-order valence-electron chi connectivity index (χ1n) is 9.23. The van der Waals surface area contributed by atoms with Crippen molar-refractivity contribution in [3.63, 3.8) is 0 Å². The highest BCUT2D eigenvalue weighted by molar-refractivity contribution is 5.45. The maximum Gasteiger partial charge on any atom is 0.0791 e. The number of likely N-dealkylation sites (tertiary alicyclic amines) is 1. The van der Waals surface area contributed by atoms with E-state index in [1.54, 1.807) is 0 Å². The molecule has 2 aliphatic heterocycles. The summed E-state index contributed by atoms with van der Waals surface area (Å²) in [4.78, 5) is 14.0. The number of hydrogen-bond acceptors (Lipinski definition) is 5. The summed E-state index contributed by atoms with van der Waals surface area (Å²) in [6, 6.07) is 10.9. The summed E-state index contributed by atoms with van der Waals surface area (Å²) in [6.07, 6.45) is 6.32. The van der Waals surface area contributed by atoms with Crippen molar-refractivity contribution in [2.24, 2.45) is 0 Å². The molecule has 0 unspecified atom stereocenters. The minimum atomic E-state index is 0.310. The Bertz CT molecular complexity index is 693. The lowest BCUT2D eigenvalue weighted by Crippen LogP contribution is -2.51. The van der Waals surface area contributed by atoms with Gasteiger partial charge in [-0.05, 0) is 44.0 Å². The van der Waals surface area contributed by atoms with Gasteiger partial charge in [0.1, 0.15) is 0 Å². The fourth-order valence-corrected chi connectivity index (χ4v) is 4.05. The zero-order valence-electron chi connectivity index (χ0n) is 14.8. The lowest BCUT2D eigenvalue weighted by Gasteiger charge is -2.41. The standard InChI is InChI=1S/C20H26N4O/c1-16-4-2-5-17(22-16)15-23-10-7-19-20(8-11-23)25-13-12-24(19)18-6-3-9-21-14-18/h2-6,9,14,19-20H,7-8,10-13,15H2,1H3/t19-,20-/m0/s1. The van der Waals surface area contributed by atoms with Gasteiger partial charge in [0.25, 0.3) is 0 Å². The Balaban J connectivity index is 1.46. The summed E-state index contributed by atoms with van der Waals surface area (Å²) >= 11 is 0. The molecule has 132 valence electrons. The van der Waals surface area contributed by atoms with Gasteiger partial charge in [0.2, 0.25) is 0 Å². The van der Waals surface area contributed by atoms with Crippen LogP contribution in [0.25, 0.3) is 0 Å². The number of rotatable bonds is 3. The van der Waals surface area contributed by atoms with Crippen LogP contribution in [0, 0.1) is 6.92 Å². The number of morpholine rings is 1. The van der Waals surface area contributed by atoms with Gasteiger partial charge in [-0.1, -0.05) is 6.07 Å². The first kappa shape index (κ1) is 16.5. The summed E-state index contributed by atoms with van der Waals surface area (Å²) in [5.41, 5.74) is 3.47. The van der Waals surface area contributed by atoms with Crippen molar-refractivity contribution in [1.82, 2.24) is 14.9 Å². The second kappa shape index (κ2) is 7.50. The lowest BCUT2D eigenvalue weighted by molar-refractivity contribution is 0.00892. The number of aryl methyl sites for hydroxylation is 1. The van der Waals surface area contributed by atoms with Crippen LogP contribution in [0.3, 0.4) is 0 Å². The molecular weight excluding hydrogens is 312 g/mol. The summed E-state index contributed by atoms with van der Waals surface area (Å²) in [6.45, 7) is 6.88. The average Bonchev–Trinajstić information content (AvgIpc) is 2.85. The molecule has 0 aromatic carbocycles. The maximum atomic E-state index is 6.13. The molecular formula is C20H26N4O. The summed E-state index contributed by atoms with van der Waals surface area (Å²) < 4.78 is 6.13. The van der Waals surface area contributed by atoms with Crippen LogP contribution in [-0.4, -0.2) is 53.3 Å². The zero-order chi connectivity index (χ0) is 17.1. The number of pyridine rings is 2. The molecule has 0 amide bonds. The van der Waals surface area contributed by atoms with E-state index in [-0.39, 0.29) is 0 Å². The molecule has 0 N–H and O–H groups in total. The number of fused-ring (bicyclic) bond motifs is 1. The predicted molar refractivity (Wildman–Crippen MR) is 98.6 cm³/mol. The van der Waals surface area contributed by atoms with Crippen LogP contribution in [0.5, 0.6) is 0 Å². The second-order valence-corrected chi connectivity index (χ2v) is 7.01. The molecule has 0 radical (unpaired) electrons. The topological polar surface area (TPSA) is 41.5 Å². The van der Waals surface area contributed by atoms with Crippen LogP contribution in [-0.2, 0) is 11.3 Å². The third-order valence-electron chi connectivity index (χ3n) is 5.27. The predicted octanol–water partition coefficient (Wildman–Crippen LogP) is 2.65. The number of aromatic nitrogens is 2. The molecule has 0 spiro atoms. The van der Waals surface area contributed by atoms with Crippen LogP contribution in [0.4, 0.5) is 5.69 Å². The maximum absolute atomic E-state index is 6.13. The average molecular weight is 338 g/mol. The van der Waals surface area contributed by atoms with Gasteiger partial charge in [0.05, 0.1) is 36.3 Å². The van der Waals surface area contributed by atoms with Crippen molar-refractivity contribution in [2.45, 2.75) is 38.5 Å². The Labute approximate surface area is 149 Å². The lowest BCUT2D eigenvalue weighted by atomic mass is 10.0. The SMILES string of the molecule is Cc1cccc(CN2CC[C@@H]3OCCN(c4cccnc4)[C@H]3CC2)n1. The van der Waals surface area contributed by atoms with Crippen LogP contribution >= 0.6 is 0 Å². The zero-order valence-corrected chi connectivity index (χ0v) is 14.8. The van der Waals surface area contributed by atoms with Gasteiger partial charge in [-0.2, -0.15) is 0 Å². The molecule has 2 saturated heterocycles. The molecule has 4 heterocycles. The highest BCUT2D eigenvalue weighted by atomic mass is 16.5. The molecule has 4 rings (SSSR count). The fourth-order valence-electron chi connectivity index (χ4n) is 4.05. The summed E-state index contributed by atoms with van der Waals surface area (Å²) in [7, 11) is 0. The van der Waals surface area contributed by atoms with Crippen LogP contribution in [0.2, 0.25) is 0 Å². The molecule has 2 aliphatic rings. The van der Waals surface area contributed by atoms with Crippen LogP contribution < -0.4 is 4.90 Å². The van der Waals surface area contributed by atoms with E-state index in [1.165, 1.54) is 5.69 Å².